The number of aromatic nitrogens is 2. The molecule has 19 heavy (non-hydrogen) atoms. The van der Waals surface area contributed by atoms with Crippen molar-refractivity contribution in [3.63, 3.8) is 0 Å². The van der Waals surface area contributed by atoms with E-state index in [1.165, 1.54) is 0 Å². The standard InChI is InChI=1S/C13H15N3O2.ClH/c17-13-11-3-1-2-4-12(11)14-9-16(13)10-15-5-7-18-8-6-15;/h1-4,9H,5-8,10H2;1H. The predicted molar refractivity (Wildman–Crippen MR) is 75.6 cm³/mol. The van der Waals surface area contributed by atoms with E-state index in [1.807, 2.05) is 24.3 Å². The molecular formula is C13H16ClN3O2. The van der Waals surface area contributed by atoms with Gasteiger partial charge in [-0.25, -0.2) is 4.98 Å². The molecule has 0 spiro atoms. The van der Waals surface area contributed by atoms with Crippen molar-refractivity contribution in [2.75, 3.05) is 26.3 Å². The number of fused-ring (bicyclic) bond motifs is 1. The Balaban J connectivity index is 0.00000133. The molecule has 0 saturated carbocycles. The molecule has 1 fully saturated rings. The molecule has 2 heterocycles. The lowest BCUT2D eigenvalue weighted by Crippen LogP contribution is -2.40. The topological polar surface area (TPSA) is 47.4 Å². The number of halogens is 1. The van der Waals surface area contributed by atoms with Crippen LogP contribution in [-0.2, 0) is 11.4 Å². The van der Waals surface area contributed by atoms with Gasteiger partial charge < -0.3 is 4.74 Å². The van der Waals surface area contributed by atoms with E-state index in [-0.39, 0.29) is 18.0 Å². The molecular weight excluding hydrogens is 266 g/mol. The lowest BCUT2D eigenvalue weighted by Gasteiger charge is -2.26. The predicted octanol–water partition coefficient (Wildman–Crippen LogP) is 1.11. The second-order valence-corrected chi connectivity index (χ2v) is 4.41. The van der Waals surface area contributed by atoms with E-state index in [1.54, 1.807) is 10.9 Å². The van der Waals surface area contributed by atoms with Crippen LogP contribution in [0.4, 0.5) is 0 Å². The average molecular weight is 282 g/mol. The summed E-state index contributed by atoms with van der Waals surface area (Å²) >= 11 is 0. The number of morpholine rings is 1. The molecule has 5 nitrogen and oxygen atoms in total. The van der Waals surface area contributed by atoms with Crippen LogP contribution < -0.4 is 5.56 Å². The lowest BCUT2D eigenvalue weighted by atomic mass is 10.2. The fourth-order valence-corrected chi connectivity index (χ4v) is 2.16. The van der Waals surface area contributed by atoms with E-state index in [0.29, 0.717) is 12.1 Å². The molecule has 2 aromatic rings. The third-order valence-electron chi connectivity index (χ3n) is 3.19. The zero-order valence-corrected chi connectivity index (χ0v) is 11.3. The number of hydrogen-bond donors (Lipinski definition) is 0. The minimum absolute atomic E-state index is 0. The summed E-state index contributed by atoms with van der Waals surface area (Å²) in [5, 5.41) is 0.674. The Labute approximate surface area is 117 Å². The van der Waals surface area contributed by atoms with Crippen LogP contribution >= 0.6 is 12.4 Å². The summed E-state index contributed by atoms with van der Waals surface area (Å²) in [5.41, 5.74) is 0.771. The van der Waals surface area contributed by atoms with E-state index in [2.05, 4.69) is 9.88 Å². The highest BCUT2D eigenvalue weighted by molar-refractivity contribution is 5.85. The van der Waals surface area contributed by atoms with Gasteiger partial charge in [-0.2, -0.15) is 0 Å². The van der Waals surface area contributed by atoms with Gasteiger partial charge in [-0.3, -0.25) is 14.3 Å². The molecule has 0 unspecified atom stereocenters. The van der Waals surface area contributed by atoms with Crippen LogP contribution in [0.3, 0.4) is 0 Å². The number of nitrogens with zero attached hydrogens (tertiary/aromatic N) is 3. The quantitative estimate of drug-likeness (QED) is 0.827. The SMILES string of the molecule is Cl.O=c1c2ccccc2ncn1CN1CCOCC1. The van der Waals surface area contributed by atoms with Gasteiger partial charge in [-0.05, 0) is 12.1 Å². The van der Waals surface area contributed by atoms with Crippen LogP contribution in [0.25, 0.3) is 10.9 Å². The molecule has 1 aliphatic rings. The summed E-state index contributed by atoms with van der Waals surface area (Å²) in [6.45, 7) is 3.77. The van der Waals surface area contributed by atoms with Crippen molar-refractivity contribution >= 4 is 23.3 Å². The third-order valence-corrected chi connectivity index (χ3v) is 3.19. The maximum Gasteiger partial charge on any atom is 0.262 e. The monoisotopic (exact) mass is 281 g/mol. The van der Waals surface area contributed by atoms with Crippen molar-refractivity contribution in [2.45, 2.75) is 6.67 Å². The van der Waals surface area contributed by atoms with Crippen LogP contribution in [-0.4, -0.2) is 40.8 Å². The van der Waals surface area contributed by atoms with Crippen molar-refractivity contribution in [3.05, 3.63) is 40.9 Å². The van der Waals surface area contributed by atoms with Crippen molar-refractivity contribution in [1.29, 1.82) is 0 Å². The highest BCUT2D eigenvalue weighted by Gasteiger charge is 2.12. The first-order valence-electron chi connectivity index (χ1n) is 6.09. The zero-order valence-electron chi connectivity index (χ0n) is 10.5. The number of hydrogen-bond acceptors (Lipinski definition) is 4. The molecule has 6 heteroatoms. The number of para-hydroxylation sites is 1. The summed E-state index contributed by atoms with van der Waals surface area (Å²) in [4.78, 5) is 18.8. The van der Waals surface area contributed by atoms with Crippen molar-refractivity contribution in [2.24, 2.45) is 0 Å². The first kappa shape index (κ1) is 14.0. The molecule has 0 atom stereocenters. The van der Waals surface area contributed by atoms with Crippen molar-refractivity contribution in [3.8, 4) is 0 Å². The van der Waals surface area contributed by atoms with Gasteiger partial charge in [-0.1, -0.05) is 12.1 Å². The van der Waals surface area contributed by atoms with E-state index in [9.17, 15) is 4.79 Å². The number of benzene rings is 1. The molecule has 3 rings (SSSR count). The van der Waals surface area contributed by atoms with Crippen LogP contribution in [0.2, 0.25) is 0 Å². The van der Waals surface area contributed by atoms with Crippen molar-refractivity contribution in [1.82, 2.24) is 14.5 Å². The average Bonchev–Trinajstić information content (AvgIpc) is 2.43. The van der Waals surface area contributed by atoms with Gasteiger partial charge in [0, 0.05) is 13.1 Å². The summed E-state index contributed by atoms with van der Waals surface area (Å²) in [6, 6.07) is 7.43. The molecule has 1 saturated heterocycles. The number of rotatable bonds is 2. The van der Waals surface area contributed by atoms with Gasteiger partial charge in [-0.15, -0.1) is 12.4 Å². The second-order valence-electron chi connectivity index (χ2n) is 4.41. The van der Waals surface area contributed by atoms with Gasteiger partial charge in [0.2, 0.25) is 0 Å². The van der Waals surface area contributed by atoms with Gasteiger partial charge >= 0.3 is 0 Å². The first-order chi connectivity index (χ1) is 8.84. The lowest BCUT2D eigenvalue weighted by molar-refractivity contribution is 0.0228. The fourth-order valence-electron chi connectivity index (χ4n) is 2.16. The molecule has 0 aliphatic carbocycles. The molecule has 102 valence electrons. The van der Waals surface area contributed by atoms with Crippen LogP contribution in [0.15, 0.2) is 35.4 Å². The van der Waals surface area contributed by atoms with Gasteiger partial charge in [0.1, 0.15) is 0 Å². The van der Waals surface area contributed by atoms with Gasteiger partial charge in [0.15, 0.2) is 0 Å². The summed E-state index contributed by atoms with van der Waals surface area (Å²) in [5.74, 6) is 0. The largest absolute Gasteiger partial charge is 0.379 e. The Morgan fingerprint density at radius 3 is 2.74 bits per heavy atom. The molecule has 1 aromatic heterocycles. The van der Waals surface area contributed by atoms with Crippen LogP contribution in [0.1, 0.15) is 0 Å². The minimum atomic E-state index is 0. The van der Waals surface area contributed by atoms with Crippen molar-refractivity contribution < 1.29 is 4.74 Å². The smallest absolute Gasteiger partial charge is 0.262 e. The second kappa shape index (κ2) is 6.14. The van der Waals surface area contributed by atoms with E-state index < -0.39 is 0 Å². The maximum atomic E-state index is 12.3. The highest BCUT2D eigenvalue weighted by Crippen LogP contribution is 2.05. The normalized spacial score (nSPS) is 16.2. The number of ether oxygens (including phenoxy) is 1. The van der Waals surface area contributed by atoms with E-state index in [0.717, 1.165) is 31.8 Å². The molecule has 1 aromatic carbocycles. The highest BCUT2D eigenvalue weighted by atomic mass is 35.5. The van der Waals surface area contributed by atoms with Gasteiger partial charge in [0.25, 0.3) is 5.56 Å². The minimum Gasteiger partial charge on any atom is -0.379 e. The van der Waals surface area contributed by atoms with E-state index in [4.69, 9.17) is 4.74 Å². The summed E-state index contributed by atoms with van der Waals surface area (Å²) in [6.07, 6.45) is 1.63. The Morgan fingerprint density at radius 2 is 1.95 bits per heavy atom. The molecule has 1 aliphatic heterocycles. The maximum absolute atomic E-state index is 12.3. The Kier molecular flexibility index (Phi) is 4.52. The van der Waals surface area contributed by atoms with E-state index >= 15 is 0 Å². The molecule has 0 amide bonds. The van der Waals surface area contributed by atoms with Crippen LogP contribution in [0.5, 0.6) is 0 Å². The van der Waals surface area contributed by atoms with Crippen LogP contribution in [0, 0.1) is 0 Å². The van der Waals surface area contributed by atoms with Gasteiger partial charge in [0.05, 0.1) is 37.1 Å². The first-order valence-corrected chi connectivity index (χ1v) is 6.09. The fraction of sp³-hybridized carbons (Fsp3) is 0.385. The Hall–Kier alpha value is -1.43. The summed E-state index contributed by atoms with van der Waals surface area (Å²) in [7, 11) is 0. The zero-order chi connectivity index (χ0) is 12.4. The molecule has 0 N–H and O–H groups in total. The molecule has 0 radical (unpaired) electrons. The molecule has 0 bridgehead atoms. The Bertz CT molecular complexity index is 608. The summed E-state index contributed by atoms with van der Waals surface area (Å²) < 4.78 is 6.95. The Morgan fingerprint density at radius 1 is 1.21 bits per heavy atom. The third kappa shape index (κ3) is 2.94.